The number of hydrogen-bond donors (Lipinski definition) is 0. The molecule has 0 N–H and O–H groups in total. The average Bonchev–Trinajstić information content (AvgIpc) is 3.80. The van der Waals surface area contributed by atoms with Crippen molar-refractivity contribution in [2.45, 2.75) is 0 Å². The second-order valence-corrected chi connectivity index (χ2v) is 12.8. The van der Waals surface area contributed by atoms with Gasteiger partial charge in [-0.1, -0.05) is 121 Å². The molecule has 0 amide bonds. The lowest BCUT2D eigenvalue weighted by molar-refractivity contribution is 1.12. The molecule has 2 aliphatic carbocycles. The molecule has 58 heavy (non-hydrogen) atoms. The highest BCUT2D eigenvalue weighted by molar-refractivity contribution is 6.10. The molecule has 4 aromatic carbocycles. The van der Waals surface area contributed by atoms with Crippen LogP contribution in [0.5, 0.6) is 0 Å². The maximum atomic E-state index is 11.1. The topological polar surface area (TPSA) is 194 Å². The van der Waals surface area contributed by atoms with E-state index < -0.39 is 11.1 Å². The van der Waals surface area contributed by atoms with Crippen molar-refractivity contribution in [3.8, 4) is 81.4 Å². The van der Waals surface area contributed by atoms with Crippen LogP contribution in [0.15, 0.2) is 178 Å². The van der Waals surface area contributed by atoms with E-state index in [2.05, 4.69) is 12.1 Å². The van der Waals surface area contributed by atoms with Crippen LogP contribution in [0, 0.1) is 68.0 Å². The van der Waals surface area contributed by atoms with Crippen LogP contribution in [0.2, 0.25) is 0 Å². The summed E-state index contributed by atoms with van der Waals surface area (Å²) in [5, 5.41) is 64.2. The molecule has 10 heteroatoms. The van der Waals surface area contributed by atoms with Crippen LogP contribution in [0.1, 0.15) is 11.6 Å². The molecule has 8 rings (SSSR count). The first-order valence-electron chi connectivity index (χ1n) is 17.7. The van der Waals surface area contributed by atoms with E-state index in [4.69, 9.17) is 19.9 Å². The highest BCUT2D eigenvalue weighted by atomic mass is 14.9. The number of nitrogens with zero attached hydrogens (tertiary/aromatic N) is 10. The fourth-order valence-corrected chi connectivity index (χ4v) is 7.09. The smallest absolute Gasteiger partial charge is 0.162 e. The van der Waals surface area contributed by atoms with Gasteiger partial charge < -0.3 is 0 Å². The lowest BCUT2D eigenvalue weighted by atomic mass is 9.89. The maximum Gasteiger partial charge on any atom is 0.162 e. The van der Waals surface area contributed by atoms with E-state index in [0.717, 1.165) is 22.3 Å². The number of hydrogen-bond acceptors (Lipinski definition) is 10. The van der Waals surface area contributed by atoms with Gasteiger partial charge >= 0.3 is 0 Å². The fourth-order valence-electron chi connectivity index (χ4n) is 7.09. The van der Waals surface area contributed by atoms with Crippen LogP contribution in [-0.2, 0) is 0 Å². The third kappa shape index (κ3) is 6.07. The summed E-state index contributed by atoms with van der Waals surface area (Å²) in [6.07, 6.45) is 0. The van der Waals surface area contributed by atoms with Crippen LogP contribution in [-0.4, -0.2) is 19.9 Å². The monoisotopic (exact) mass is 738 g/mol. The summed E-state index contributed by atoms with van der Waals surface area (Å²) in [5.41, 5.74) is 3.57. The van der Waals surface area contributed by atoms with Crippen LogP contribution in [0.4, 0.5) is 0 Å². The Hall–Kier alpha value is -9.32. The fraction of sp³-hybridized carbons (Fsp3) is 0. The van der Waals surface area contributed by atoms with E-state index in [1.165, 1.54) is 0 Å². The lowest BCUT2D eigenvalue weighted by Crippen LogP contribution is -2.07. The van der Waals surface area contributed by atoms with E-state index in [1.807, 2.05) is 146 Å². The van der Waals surface area contributed by atoms with E-state index >= 15 is 0 Å². The summed E-state index contributed by atoms with van der Waals surface area (Å²) in [5.74, 6) is -0.0157. The van der Waals surface area contributed by atoms with E-state index in [0.29, 0.717) is 22.8 Å². The zero-order chi connectivity index (χ0) is 40.2. The molecule has 264 valence electrons. The van der Waals surface area contributed by atoms with Gasteiger partial charge in [-0.05, 0) is 12.1 Å². The van der Waals surface area contributed by atoms with Gasteiger partial charge in [0.2, 0.25) is 0 Å². The molecule has 0 atom stereocenters. The first-order valence-corrected chi connectivity index (χ1v) is 17.7. The lowest BCUT2D eigenvalue weighted by Gasteiger charge is -2.16. The van der Waals surface area contributed by atoms with Crippen LogP contribution >= 0.6 is 0 Å². The summed E-state index contributed by atoms with van der Waals surface area (Å²) in [6.45, 7) is 0. The van der Waals surface area contributed by atoms with Gasteiger partial charge in [-0.2, -0.15) is 31.6 Å². The molecule has 2 heterocycles. The number of aromatic nitrogens is 4. The normalized spacial score (nSPS) is 12.8. The van der Waals surface area contributed by atoms with Gasteiger partial charge in [0.05, 0.1) is 33.9 Å². The molecule has 2 aliphatic rings. The van der Waals surface area contributed by atoms with Crippen LogP contribution < -0.4 is 0 Å². The van der Waals surface area contributed by atoms with Crippen molar-refractivity contribution in [1.29, 1.82) is 31.6 Å². The summed E-state index contributed by atoms with van der Waals surface area (Å²) in [4.78, 5) is 19.6. The Morgan fingerprint density at radius 1 is 0.345 bits per heavy atom. The zero-order valence-corrected chi connectivity index (χ0v) is 30.2. The van der Waals surface area contributed by atoms with Crippen molar-refractivity contribution in [3.63, 3.8) is 0 Å². The van der Waals surface area contributed by atoms with Gasteiger partial charge in [0, 0.05) is 55.7 Å². The van der Waals surface area contributed by atoms with Crippen LogP contribution in [0.3, 0.4) is 0 Å². The van der Waals surface area contributed by atoms with Crippen molar-refractivity contribution >= 4 is 11.1 Å². The van der Waals surface area contributed by atoms with Gasteiger partial charge in [-0.25, -0.2) is 19.9 Å². The molecule has 0 saturated heterocycles. The minimum atomic E-state index is -0.435. The van der Waals surface area contributed by atoms with Crippen molar-refractivity contribution in [3.05, 3.63) is 190 Å². The quantitative estimate of drug-likeness (QED) is 0.149. The van der Waals surface area contributed by atoms with Gasteiger partial charge in [-0.3, -0.25) is 0 Å². The molecule has 0 fully saturated rings. The number of benzene rings is 4. The summed E-state index contributed by atoms with van der Waals surface area (Å²) < 4.78 is 0. The van der Waals surface area contributed by atoms with E-state index in [-0.39, 0.29) is 56.2 Å². The zero-order valence-electron chi connectivity index (χ0n) is 30.2. The molecule has 10 nitrogen and oxygen atoms in total. The second-order valence-electron chi connectivity index (χ2n) is 12.8. The van der Waals surface area contributed by atoms with Crippen molar-refractivity contribution in [2.75, 3.05) is 0 Å². The van der Waals surface area contributed by atoms with Gasteiger partial charge in [0.1, 0.15) is 47.6 Å². The Balaban J connectivity index is 1.46. The van der Waals surface area contributed by atoms with Crippen molar-refractivity contribution in [2.24, 2.45) is 0 Å². The summed E-state index contributed by atoms with van der Waals surface area (Å²) in [7, 11) is 0. The van der Waals surface area contributed by atoms with Gasteiger partial charge in [0.15, 0.2) is 11.6 Å². The number of rotatable bonds is 6. The standard InChI is InChI=1S/C48H22N10/c49-23-33(24-50)41-44-36(28-54)46(48-57-39(31-17-9-3-10-18-31)22-40(58-48)32-19-11-4-12-20-32)42(34(25-51)26-52)43(44)35(27-53)45(41)47-55-37(29-13-5-1-6-14-29)21-38(56-47)30-15-7-2-8-16-30/h1-22H. The molecule has 0 spiro atoms. The number of allylic oxidation sites excluding steroid dienone is 10. The first kappa shape index (κ1) is 35.7. The largest absolute Gasteiger partial charge is 0.228 e. The second kappa shape index (κ2) is 15.2. The van der Waals surface area contributed by atoms with Gasteiger partial charge in [-0.15, -0.1) is 0 Å². The third-order valence-electron chi connectivity index (χ3n) is 9.60. The predicted octanol–water partition coefficient (Wildman–Crippen LogP) is 9.20. The Kier molecular flexibility index (Phi) is 9.35. The summed E-state index contributed by atoms with van der Waals surface area (Å²) >= 11 is 0. The van der Waals surface area contributed by atoms with Crippen molar-refractivity contribution in [1.82, 2.24) is 19.9 Å². The number of nitriles is 6. The van der Waals surface area contributed by atoms with Crippen molar-refractivity contribution < 1.29 is 0 Å². The van der Waals surface area contributed by atoms with Gasteiger partial charge in [0.25, 0.3) is 0 Å². The molecule has 0 saturated carbocycles. The predicted molar refractivity (Wildman–Crippen MR) is 214 cm³/mol. The SMILES string of the molecule is N#CC(C#N)=C1C2=C(C(C#N)=C1c1nc(-c3ccccc3)cc(-c3ccccc3)n1)C(=C(C#N)C#N)C(c1nc(-c3ccccc3)cc(-c3ccccc3)n1)=C2C#N. The molecule has 2 aromatic heterocycles. The van der Waals surface area contributed by atoms with Crippen LogP contribution in [0.25, 0.3) is 56.2 Å². The Morgan fingerprint density at radius 3 is 0.828 bits per heavy atom. The Bertz CT molecular complexity index is 2770. The molecule has 0 radical (unpaired) electrons. The summed E-state index contributed by atoms with van der Waals surface area (Å²) in [6, 6.07) is 53.0. The van der Waals surface area contributed by atoms with E-state index in [9.17, 15) is 31.6 Å². The maximum absolute atomic E-state index is 11.1. The third-order valence-corrected chi connectivity index (χ3v) is 9.60. The molecular weight excluding hydrogens is 717 g/mol. The molecule has 6 aromatic rings. The molecular formula is C48H22N10. The Labute approximate surface area is 332 Å². The first-order chi connectivity index (χ1) is 28.5. The highest BCUT2D eigenvalue weighted by Gasteiger charge is 2.46. The minimum Gasteiger partial charge on any atom is -0.228 e. The Morgan fingerprint density at radius 2 is 0.603 bits per heavy atom. The van der Waals surface area contributed by atoms with E-state index in [1.54, 1.807) is 12.1 Å². The highest BCUT2D eigenvalue weighted by Crippen LogP contribution is 2.57. The molecule has 0 bridgehead atoms. The minimum absolute atomic E-state index is 0.00372. The molecule has 0 aliphatic heterocycles. The molecule has 0 unspecified atom stereocenters. The average molecular weight is 739 g/mol.